The lowest BCUT2D eigenvalue weighted by Gasteiger charge is -2.02. The lowest BCUT2D eigenvalue weighted by atomic mass is 10.2. The van der Waals surface area contributed by atoms with Gasteiger partial charge in [-0.25, -0.2) is 4.98 Å². The number of hydrogen-bond acceptors (Lipinski definition) is 3. The Bertz CT molecular complexity index is 551. The van der Waals surface area contributed by atoms with Gasteiger partial charge in [-0.3, -0.25) is 4.99 Å². The van der Waals surface area contributed by atoms with Crippen LogP contribution in [0.25, 0.3) is 10.2 Å². The summed E-state index contributed by atoms with van der Waals surface area (Å²) in [5.41, 5.74) is 7.94. The maximum absolute atomic E-state index is 5.93. The fourth-order valence-electron chi connectivity index (χ4n) is 1.55. The van der Waals surface area contributed by atoms with Crippen LogP contribution in [0.3, 0.4) is 0 Å². The molecular formula is C12H18ClN3OS. The monoisotopic (exact) mass is 287 g/mol. The second-order valence-corrected chi connectivity index (χ2v) is 5.26. The molecule has 100 valence electrons. The number of benzene rings is 1. The highest BCUT2D eigenvalue weighted by Crippen LogP contribution is 2.22. The predicted octanol–water partition coefficient (Wildman–Crippen LogP) is 2.32. The van der Waals surface area contributed by atoms with E-state index in [2.05, 4.69) is 16.0 Å². The van der Waals surface area contributed by atoms with E-state index in [0.717, 1.165) is 20.8 Å². The van der Waals surface area contributed by atoms with Crippen LogP contribution in [0.1, 0.15) is 24.4 Å². The van der Waals surface area contributed by atoms with E-state index in [9.17, 15) is 0 Å². The van der Waals surface area contributed by atoms with Gasteiger partial charge in [0.05, 0.1) is 15.2 Å². The van der Waals surface area contributed by atoms with Crippen molar-refractivity contribution in [2.24, 2.45) is 10.7 Å². The first-order valence-electron chi connectivity index (χ1n) is 5.27. The minimum atomic E-state index is 0. The molecule has 0 radical (unpaired) electrons. The third-order valence-electron chi connectivity index (χ3n) is 2.19. The topological polar surface area (TPSA) is 82.8 Å². The van der Waals surface area contributed by atoms with Gasteiger partial charge in [-0.2, -0.15) is 0 Å². The summed E-state index contributed by atoms with van der Waals surface area (Å²) in [7, 11) is 0. The van der Waals surface area contributed by atoms with Crippen LogP contribution in [0.5, 0.6) is 0 Å². The summed E-state index contributed by atoms with van der Waals surface area (Å²) < 4.78 is 1.16. The Morgan fingerprint density at radius 2 is 2.06 bits per heavy atom. The van der Waals surface area contributed by atoms with Crippen LogP contribution >= 0.6 is 23.7 Å². The van der Waals surface area contributed by atoms with E-state index in [1.807, 2.05) is 32.9 Å². The number of aliphatic imine (C=N–C) groups is 1. The predicted molar refractivity (Wildman–Crippen MR) is 81.1 cm³/mol. The molecule has 0 atom stereocenters. The first-order chi connectivity index (χ1) is 7.56. The lowest BCUT2D eigenvalue weighted by Crippen LogP contribution is -2.15. The molecule has 0 bridgehead atoms. The fourth-order valence-corrected chi connectivity index (χ4v) is 2.42. The van der Waals surface area contributed by atoms with Crippen LogP contribution in [0.4, 0.5) is 0 Å². The van der Waals surface area contributed by atoms with Crippen LogP contribution in [0, 0.1) is 6.92 Å². The Labute approximate surface area is 117 Å². The normalized spacial score (nSPS) is 11.2. The summed E-state index contributed by atoms with van der Waals surface area (Å²) in [6.07, 6.45) is 0. The van der Waals surface area contributed by atoms with Gasteiger partial charge < -0.3 is 11.2 Å². The highest BCUT2D eigenvalue weighted by atomic mass is 35.5. The summed E-state index contributed by atoms with van der Waals surface area (Å²) in [4.78, 5) is 8.75. The largest absolute Gasteiger partial charge is 0.412 e. The van der Waals surface area contributed by atoms with Crippen molar-refractivity contribution < 1.29 is 5.48 Å². The van der Waals surface area contributed by atoms with E-state index in [4.69, 9.17) is 5.73 Å². The number of aromatic nitrogens is 1. The van der Waals surface area contributed by atoms with E-state index in [0.29, 0.717) is 5.84 Å². The van der Waals surface area contributed by atoms with Crippen molar-refractivity contribution in [1.29, 1.82) is 0 Å². The first-order valence-corrected chi connectivity index (χ1v) is 6.09. The van der Waals surface area contributed by atoms with E-state index < -0.39 is 0 Å². The van der Waals surface area contributed by atoms with Gasteiger partial charge in [0.2, 0.25) is 0 Å². The SMILES string of the molecule is Cc1nc2ccc(C(N)=NC(C)C)cc2s1.Cl.O. The van der Waals surface area contributed by atoms with Crippen molar-refractivity contribution in [3.05, 3.63) is 28.8 Å². The zero-order valence-corrected chi connectivity index (χ0v) is 12.2. The van der Waals surface area contributed by atoms with Crippen molar-refractivity contribution in [2.75, 3.05) is 0 Å². The highest BCUT2D eigenvalue weighted by molar-refractivity contribution is 7.18. The molecule has 0 aliphatic heterocycles. The van der Waals surface area contributed by atoms with E-state index in [1.54, 1.807) is 11.3 Å². The molecule has 0 spiro atoms. The second-order valence-electron chi connectivity index (χ2n) is 4.02. The standard InChI is InChI=1S/C12H15N3S.ClH.H2O/c1-7(2)14-12(13)9-4-5-10-11(6-9)16-8(3)15-10;;/h4-7H,1-3H3,(H2,13,14);1H;1H2. The van der Waals surface area contributed by atoms with Crippen LogP contribution in [0.2, 0.25) is 0 Å². The zero-order chi connectivity index (χ0) is 11.7. The van der Waals surface area contributed by atoms with Crippen LogP contribution in [-0.4, -0.2) is 22.3 Å². The molecule has 4 nitrogen and oxygen atoms in total. The molecule has 4 N–H and O–H groups in total. The van der Waals surface area contributed by atoms with Gasteiger partial charge in [-0.15, -0.1) is 23.7 Å². The second kappa shape index (κ2) is 6.68. The van der Waals surface area contributed by atoms with E-state index >= 15 is 0 Å². The molecule has 0 aliphatic rings. The third kappa shape index (κ3) is 3.66. The molecule has 0 aliphatic carbocycles. The molecule has 2 aromatic rings. The van der Waals surface area contributed by atoms with Crippen LogP contribution in [-0.2, 0) is 0 Å². The fraction of sp³-hybridized carbons (Fsp3) is 0.333. The summed E-state index contributed by atoms with van der Waals surface area (Å²) in [6, 6.07) is 6.25. The van der Waals surface area contributed by atoms with Crippen LogP contribution in [0.15, 0.2) is 23.2 Å². The molecule has 0 saturated carbocycles. The number of thiazole rings is 1. The molecule has 0 fully saturated rings. The molecule has 1 aromatic carbocycles. The number of nitrogens with two attached hydrogens (primary N) is 1. The van der Waals surface area contributed by atoms with Crippen molar-refractivity contribution in [2.45, 2.75) is 26.8 Å². The Morgan fingerprint density at radius 3 is 2.67 bits per heavy atom. The Kier molecular flexibility index (Phi) is 6.25. The Balaban J connectivity index is 0.00000144. The van der Waals surface area contributed by atoms with Gasteiger partial charge >= 0.3 is 0 Å². The summed E-state index contributed by atoms with van der Waals surface area (Å²) in [6.45, 7) is 6.04. The van der Waals surface area contributed by atoms with E-state index in [-0.39, 0.29) is 23.9 Å². The number of halogens is 1. The highest BCUT2D eigenvalue weighted by Gasteiger charge is 2.04. The quantitative estimate of drug-likeness (QED) is 0.679. The van der Waals surface area contributed by atoms with Gasteiger partial charge in [0.25, 0.3) is 0 Å². The number of nitrogens with zero attached hydrogens (tertiary/aromatic N) is 2. The van der Waals surface area contributed by atoms with Crippen molar-refractivity contribution in [3.63, 3.8) is 0 Å². The number of fused-ring (bicyclic) bond motifs is 1. The molecule has 0 saturated heterocycles. The molecule has 18 heavy (non-hydrogen) atoms. The summed E-state index contributed by atoms with van der Waals surface area (Å²) >= 11 is 1.68. The summed E-state index contributed by atoms with van der Waals surface area (Å²) in [5, 5.41) is 1.08. The van der Waals surface area contributed by atoms with Crippen LogP contribution < -0.4 is 5.73 Å². The Hall–Kier alpha value is -1.17. The molecular weight excluding hydrogens is 270 g/mol. The maximum Gasteiger partial charge on any atom is 0.125 e. The maximum atomic E-state index is 5.93. The van der Waals surface area contributed by atoms with Gasteiger partial charge in [0.15, 0.2) is 0 Å². The van der Waals surface area contributed by atoms with Crippen molar-refractivity contribution in [3.8, 4) is 0 Å². The average molecular weight is 288 g/mol. The number of aryl methyl sites for hydroxylation is 1. The molecule has 6 heteroatoms. The smallest absolute Gasteiger partial charge is 0.125 e. The number of amidine groups is 1. The van der Waals surface area contributed by atoms with E-state index in [1.165, 1.54) is 0 Å². The average Bonchev–Trinajstić information content (AvgIpc) is 2.55. The van der Waals surface area contributed by atoms with Gasteiger partial charge in [0, 0.05) is 11.6 Å². The molecule has 1 heterocycles. The molecule has 0 unspecified atom stereocenters. The summed E-state index contributed by atoms with van der Waals surface area (Å²) in [5.74, 6) is 0.600. The lowest BCUT2D eigenvalue weighted by molar-refractivity contribution is 0.824. The zero-order valence-electron chi connectivity index (χ0n) is 10.6. The molecule has 1 aromatic heterocycles. The molecule has 0 amide bonds. The Morgan fingerprint density at radius 1 is 1.39 bits per heavy atom. The number of hydrogen-bond donors (Lipinski definition) is 1. The van der Waals surface area contributed by atoms with Gasteiger partial charge in [0.1, 0.15) is 5.84 Å². The number of rotatable bonds is 2. The van der Waals surface area contributed by atoms with Crippen molar-refractivity contribution in [1.82, 2.24) is 4.98 Å². The third-order valence-corrected chi connectivity index (χ3v) is 3.12. The van der Waals surface area contributed by atoms with Crippen molar-refractivity contribution >= 4 is 39.8 Å². The molecule has 2 rings (SSSR count). The van der Waals surface area contributed by atoms with Gasteiger partial charge in [-0.1, -0.05) is 0 Å². The first kappa shape index (κ1) is 16.8. The minimum absolute atomic E-state index is 0. The van der Waals surface area contributed by atoms with Gasteiger partial charge in [-0.05, 0) is 39.0 Å². The minimum Gasteiger partial charge on any atom is -0.412 e.